The number of piperidine rings is 2. The number of hydrogen-bond donors (Lipinski definition) is 4. The van der Waals surface area contributed by atoms with Crippen molar-refractivity contribution < 1.29 is 57.2 Å². The normalized spacial score (nSPS) is 17.1. The molecular formula is C50H58F2N12O10. The molecule has 0 aliphatic carbocycles. The molecule has 2 saturated heterocycles. The minimum atomic E-state index is -1.87. The van der Waals surface area contributed by atoms with Gasteiger partial charge in [-0.1, -0.05) is 0 Å². The number of aliphatic hydroxyl groups is 2. The van der Waals surface area contributed by atoms with Crippen molar-refractivity contribution >= 4 is 46.9 Å². The minimum Gasteiger partial charge on any atom is -0.448 e. The number of amides is 4. The number of carbonyl (C=O) groups is 6. The van der Waals surface area contributed by atoms with Gasteiger partial charge in [-0.3, -0.25) is 38.1 Å². The van der Waals surface area contributed by atoms with Crippen LogP contribution in [0, 0.1) is 46.1 Å². The van der Waals surface area contributed by atoms with E-state index in [1.54, 1.807) is 48.0 Å². The van der Waals surface area contributed by atoms with Crippen LogP contribution in [0.5, 0.6) is 0 Å². The van der Waals surface area contributed by atoms with Gasteiger partial charge in [-0.25, -0.2) is 8.78 Å². The van der Waals surface area contributed by atoms with Crippen molar-refractivity contribution in [2.24, 2.45) is 25.9 Å². The number of benzene rings is 2. The van der Waals surface area contributed by atoms with Gasteiger partial charge in [-0.15, -0.1) is 0 Å². The molecule has 0 saturated carbocycles. The van der Waals surface area contributed by atoms with E-state index in [0.717, 1.165) is 49.2 Å². The van der Waals surface area contributed by atoms with Crippen LogP contribution in [0.2, 0.25) is 0 Å². The number of nitrogens with one attached hydrogen (secondary N) is 2. The predicted molar refractivity (Wildman–Crippen MR) is 256 cm³/mol. The van der Waals surface area contributed by atoms with Crippen molar-refractivity contribution in [3.05, 3.63) is 94.1 Å². The summed E-state index contributed by atoms with van der Waals surface area (Å²) in [5.74, 6) is -5.26. The molecule has 4 N–H and O–H groups in total. The highest BCUT2D eigenvalue weighted by Gasteiger charge is 2.44. The smallest absolute Gasteiger partial charge is 0.303 e. The zero-order valence-corrected chi connectivity index (χ0v) is 41.4. The Balaban J connectivity index is 0.000000219. The molecule has 2 aromatic heterocycles. The van der Waals surface area contributed by atoms with Crippen molar-refractivity contribution in [2.75, 3.05) is 49.1 Å². The summed E-state index contributed by atoms with van der Waals surface area (Å²) in [7, 11) is 3.51. The molecule has 8 rings (SSSR count). The highest BCUT2D eigenvalue weighted by atomic mass is 19.1. The number of rotatable bonds is 14. The van der Waals surface area contributed by atoms with Gasteiger partial charge in [0.05, 0.1) is 59.4 Å². The lowest BCUT2D eigenvalue weighted by molar-refractivity contribution is -0.178. The predicted octanol–water partition coefficient (Wildman–Crippen LogP) is 1.20. The van der Waals surface area contributed by atoms with E-state index in [0.29, 0.717) is 56.9 Å². The summed E-state index contributed by atoms with van der Waals surface area (Å²) in [4.78, 5) is 82.2. The minimum absolute atomic E-state index is 0.0626. The number of aromatic nitrogens is 4. The standard InChI is InChI=1S/C27H31FN6O6.C23H27FN6O4/c1-16(35)39-24(25(40-17(2)36)27(38)34-14-20-13-31-32(3)23(20)15-34)26(37)30-12-18-6-8-33(9-7-18)22-5-4-21(28)10-19(22)11-29;1-28-19-13-30(12-16(19)11-27-28)23(34)21(32)20(31)22(33)26-10-14-4-6-29(7-5-14)18-3-2-17(24)8-15(18)9-25/h4-5,10,13,18,24-25H,6-9,12,14-15H2,1-3H3,(H,30,37);2-3,8,11,14,20-21,31-32H,4-7,10,12-13H2,1H3,(H,26,33)/t24-,25?;20-,21-/m11/s1. The van der Waals surface area contributed by atoms with Crippen LogP contribution in [-0.4, -0.2) is 139 Å². The summed E-state index contributed by atoms with van der Waals surface area (Å²) in [6.45, 7) is 6.14. The molecule has 4 aliphatic rings. The first kappa shape index (κ1) is 53.8. The second-order valence-electron chi connectivity index (χ2n) is 18.7. The van der Waals surface area contributed by atoms with Crippen LogP contribution in [0.1, 0.15) is 73.2 Å². The summed E-state index contributed by atoms with van der Waals surface area (Å²) in [5.41, 5.74) is 5.26. The zero-order valence-electron chi connectivity index (χ0n) is 41.4. The maximum Gasteiger partial charge on any atom is 0.303 e. The summed E-state index contributed by atoms with van der Waals surface area (Å²) in [5, 5.41) is 52.8. The number of halogens is 2. The molecule has 6 heterocycles. The van der Waals surface area contributed by atoms with Gasteiger partial charge in [0.15, 0.2) is 12.2 Å². The summed E-state index contributed by atoms with van der Waals surface area (Å²) >= 11 is 0. The SMILES string of the molecule is CC(=O)OC(C(=O)N1Cc2cnn(C)c2C1)[C@@H](OC(C)=O)C(=O)NCC1CCN(c2ccc(F)cc2C#N)CC1.Cn1ncc2c1CN(C(=O)[C@H](O)[C@@H](O)C(=O)NCC1CCN(c3ccc(F)cc3C#N)CC1)C2. The van der Waals surface area contributed by atoms with Gasteiger partial charge in [0, 0.05) is 91.4 Å². The number of fused-ring (bicyclic) bond motifs is 2. The number of nitriles is 2. The van der Waals surface area contributed by atoms with E-state index in [9.17, 15) is 58.3 Å². The van der Waals surface area contributed by atoms with E-state index in [1.807, 2.05) is 21.9 Å². The Morgan fingerprint density at radius 1 is 0.649 bits per heavy atom. The Kier molecular flexibility index (Phi) is 17.3. The van der Waals surface area contributed by atoms with Crippen LogP contribution in [0.4, 0.5) is 20.2 Å². The van der Waals surface area contributed by atoms with Gasteiger partial charge in [-0.05, 0) is 73.9 Å². The molecule has 22 nitrogen and oxygen atoms in total. The van der Waals surface area contributed by atoms with Gasteiger partial charge in [0.25, 0.3) is 23.6 Å². The monoisotopic (exact) mass is 1020 g/mol. The first-order chi connectivity index (χ1) is 35.3. The van der Waals surface area contributed by atoms with Gasteiger partial charge in [-0.2, -0.15) is 20.7 Å². The molecule has 0 radical (unpaired) electrons. The van der Waals surface area contributed by atoms with Crippen LogP contribution >= 0.6 is 0 Å². The fraction of sp³-hybridized carbons (Fsp3) is 0.480. The van der Waals surface area contributed by atoms with Crippen molar-refractivity contribution in [1.82, 2.24) is 40.0 Å². The lowest BCUT2D eigenvalue weighted by Gasteiger charge is -2.34. The Hall–Kier alpha value is -7.96. The van der Waals surface area contributed by atoms with Gasteiger partial charge in [0.1, 0.15) is 23.8 Å². The summed E-state index contributed by atoms with van der Waals surface area (Å²) < 4.78 is 40.7. The highest BCUT2D eigenvalue weighted by Crippen LogP contribution is 2.30. The number of aryl methyl sites for hydroxylation is 2. The fourth-order valence-corrected chi connectivity index (χ4v) is 9.58. The zero-order chi connectivity index (χ0) is 53.4. The lowest BCUT2D eigenvalue weighted by Crippen LogP contribution is -2.54. The third kappa shape index (κ3) is 12.6. The molecular weight excluding hydrogens is 967 g/mol. The Morgan fingerprint density at radius 3 is 1.49 bits per heavy atom. The molecule has 74 heavy (non-hydrogen) atoms. The molecule has 4 aromatic rings. The highest BCUT2D eigenvalue weighted by molar-refractivity contribution is 5.94. The number of ether oxygens (including phenoxy) is 2. The molecule has 4 aliphatic heterocycles. The molecule has 0 bridgehead atoms. The van der Waals surface area contributed by atoms with E-state index >= 15 is 0 Å². The third-order valence-corrected chi connectivity index (χ3v) is 13.7. The summed E-state index contributed by atoms with van der Waals surface area (Å²) in [6.07, 6.45) is -0.968. The Bertz CT molecular complexity index is 2840. The molecule has 392 valence electrons. The molecule has 24 heteroatoms. The maximum atomic E-state index is 13.5. The van der Waals surface area contributed by atoms with Crippen molar-refractivity contribution in [2.45, 2.75) is 90.1 Å². The van der Waals surface area contributed by atoms with E-state index in [4.69, 9.17) is 9.47 Å². The van der Waals surface area contributed by atoms with Crippen molar-refractivity contribution in [3.8, 4) is 12.1 Å². The number of esters is 2. The Labute approximate surface area is 425 Å². The number of anilines is 2. The van der Waals surface area contributed by atoms with Gasteiger partial charge < -0.3 is 49.9 Å². The Morgan fingerprint density at radius 2 is 1.07 bits per heavy atom. The van der Waals surface area contributed by atoms with Gasteiger partial charge in [0.2, 0.25) is 12.2 Å². The second-order valence-corrected chi connectivity index (χ2v) is 18.7. The molecule has 4 amide bonds. The number of aliphatic hydroxyl groups excluding tert-OH is 2. The van der Waals surface area contributed by atoms with E-state index in [1.165, 1.54) is 34.1 Å². The first-order valence-electron chi connectivity index (χ1n) is 24.1. The van der Waals surface area contributed by atoms with Crippen molar-refractivity contribution in [1.29, 1.82) is 10.5 Å². The van der Waals surface area contributed by atoms with Gasteiger partial charge >= 0.3 is 11.9 Å². The fourth-order valence-electron chi connectivity index (χ4n) is 9.58. The van der Waals surface area contributed by atoms with Crippen LogP contribution in [0.3, 0.4) is 0 Å². The molecule has 4 atom stereocenters. The summed E-state index contributed by atoms with van der Waals surface area (Å²) in [6, 6.07) is 12.3. The van der Waals surface area contributed by atoms with E-state index < -0.39 is 71.6 Å². The number of carbonyl (C=O) groups excluding carboxylic acids is 6. The number of hydrogen-bond acceptors (Lipinski definition) is 16. The number of nitrogens with zero attached hydrogens (tertiary/aromatic N) is 10. The molecule has 2 aromatic carbocycles. The first-order valence-corrected chi connectivity index (χ1v) is 24.1. The maximum absolute atomic E-state index is 13.5. The lowest BCUT2D eigenvalue weighted by atomic mass is 9.95. The van der Waals surface area contributed by atoms with E-state index in [2.05, 4.69) is 20.8 Å². The topological polar surface area (TPSA) is 282 Å². The average molecular weight is 1030 g/mol. The van der Waals surface area contributed by atoms with Crippen LogP contribution in [-0.2, 0) is 78.5 Å². The molecule has 0 spiro atoms. The van der Waals surface area contributed by atoms with Crippen LogP contribution < -0.4 is 20.4 Å². The quantitative estimate of drug-likeness (QED) is 0.129. The van der Waals surface area contributed by atoms with Crippen LogP contribution in [0.25, 0.3) is 0 Å². The average Bonchev–Trinajstić information content (AvgIpc) is 4.19. The third-order valence-electron chi connectivity index (χ3n) is 13.7. The molecule has 1 unspecified atom stereocenters. The molecule has 2 fully saturated rings. The largest absolute Gasteiger partial charge is 0.448 e. The second kappa shape index (κ2) is 23.7. The van der Waals surface area contributed by atoms with Crippen molar-refractivity contribution in [3.63, 3.8) is 0 Å². The van der Waals surface area contributed by atoms with Crippen LogP contribution in [0.15, 0.2) is 48.8 Å². The van der Waals surface area contributed by atoms with E-state index in [-0.39, 0.29) is 55.7 Å².